The summed E-state index contributed by atoms with van der Waals surface area (Å²) >= 11 is 0. The largest absolute Gasteiger partial charge is 0.383 e. The lowest BCUT2D eigenvalue weighted by molar-refractivity contribution is -0.118. The van der Waals surface area contributed by atoms with Gasteiger partial charge in [0.15, 0.2) is 5.69 Å². The van der Waals surface area contributed by atoms with Crippen molar-refractivity contribution in [2.75, 3.05) is 30.9 Å². The Hall–Kier alpha value is -3.65. The number of amides is 1. The van der Waals surface area contributed by atoms with Gasteiger partial charge in [-0.3, -0.25) is 19.1 Å². The van der Waals surface area contributed by atoms with Crippen LogP contribution in [0, 0.1) is 6.92 Å². The average molecular weight is 422 g/mol. The summed E-state index contributed by atoms with van der Waals surface area (Å²) in [5.74, 6) is -0.381. The van der Waals surface area contributed by atoms with Gasteiger partial charge in [-0.05, 0) is 18.1 Å². The number of aromatic amines is 1. The number of benzene rings is 2. The molecule has 3 aromatic rings. The van der Waals surface area contributed by atoms with E-state index in [-0.39, 0.29) is 43.5 Å². The molecule has 0 unspecified atom stereocenters. The van der Waals surface area contributed by atoms with Crippen LogP contribution in [0.5, 0.6) is 0 Å². The van der Waals surface area contributed by atoms with Crippen LogP contribution in [-0.2, 0) is 22.5 Å². The monoisotopic (exact) mass is 422 g/mol. The minimum atomic E-state index is -0.708. The summed E-state index contributed by atoms with van der Waals surface area (Å²) in [4.78, 5) is 41.9. The molecule has 0 fully saturated rings. The molecule has 0 bridgehead atoms. The topological polar surface area (TPSA) is 110 Å². The first-order chi connectivity index (χ1) is 14.9. The van der Waals surface area contributed by atoms with E-state index < -0.39 is 11.2 Å². The molecule has 0 spiro atoms. The number of aromatic nitrogens is 2. The molecule has 3 rings (SSSR count). The van der Waals surface area contributed by atoms with Crippen molar-refractivity contribution in [3.8, 4) is 0 Å². The van der Waals surface area contributed by atoms with Crippen LogP contribution >= 0.6 is 0 Å². The highest BCUT2D eigenvalue weighted by Crippen LogP contribution is 2.19. The van der Waals surface area contributed by atoms with E-state index >= 15 is 0 Å². The molecule has 2 aromatic carbocycles. The molecule has 8 heteroatoms. The lowest BCUT2D eigenvalue weighted by atomic mass is 10.1. The summed E-state index contributed by atoms with van der Waals surface area (Å²) < 4.78 is 6.38. The van der Waals surface area contributed by atoms with Gasteiger partial charge in [-0.2, -0.15) is 0 Å². The summed E-state index contributed by atoms with van der Waals surface area (Å²) in [6.45, 7) is 2.46. The fourth-order valence-corrected chi connectivity index (χ4v) is 3.28. The number of hydrogen-bond acceptors (Lipinski definition) is 5. The first-order valence-corrected chi connectivity index (χ1v) is 9.92. The molecule has 3 N–H and O–H groups in total. The minimum absolute atomic E-state index is 0.0512. The average Bonchev–Trinajstić information content (AvgIpc) is 2.75. The molecule has 1 aromatic heterocycles. The van der Waals surface area contributed by atoms with Crippen LogP contribution in [0.3, 0.4) is 0 Å². The number of anilines is 2. The van der Waals surface area contributed by atoms with Crippen LogP contribution in [-0.4, -0.2) is 35.7 Å². The van der Waals surface area contributed by atoms with Crippen molar-refractivity contribution in [2.24, 2.45) is 0 Å². The first kappa shape index (κ1) is 22.0. The number of hydrogen-bond donors (Lipinski definition) is 2. The molecule has 0 radical (unpaired) electrons. The van der Waals surface area contributed by atoms with Gasteiger partial charge in [0, 0.05) is 13.7 Å². The molecule has 1 heterocycles. The van der Waals surface area contributed by atoms with Gasteiger partial charge in [-0.25, -0.2) is 4.79 Å². The fraction of sp³-hybridized carbons (Fsp3) is 0.261. The summed E-state index contributed by atoms with van der Waals surface area (Å²) in [6, 6.07) is 16.8. The van der Waals surface area contributed by atoms with E-state index in [1.165, 1.54) is 16.6 Å². The number of carbonyl (C=O) groups excluding carboxylic acids is 1. The number of H-pyrrole nitrogens is 1. The smallest absolute Gasteiger partial charge is 0.330 e. The molecule has 162 valence electrons. The van der Waals surface area contributed by atoms with Crippen LogP contribution in [0.4, 0.5) is 11.5 Å². The number of aryl methyl sites for hydroxylation is 1. The Morgan fingerprint density at radius 3 is 2.39 bits per heavy atom. The zero-order valence-corrected chi connectivity index (χ0v) is 17.6. The molecule has 0 atom stereocenters. The SMILES string of the molecule is COCCN(C(=O)Cc1ccc(C)cc1)c1c(N)n(Cc2ccccc2)c(=O)[nH]c1=O. The summed E-state index contributed by atoms with van der Waals surface area (Å²) in [5.41, 5.74) is 7.61. The van der Waals surface area contributed by atoms with E-state index in [0.29, 0.717) is 0 Å². The lowest BCUT2D eigenvalue weighted by Gasteiger charge is -2.24. The summed E-state index contributed by atoms with van der Waals surface area (Å²) in [6.07, 6.45) is 0.0840. The van der Waals surface area contributed by atoms with Crippen LogP contribution in [0.15, 0.2) is 64.2 Å². The zero-order chi connectivity index (χ0) is 22.4. The maximum absolute atomic E-state index is 13.1. The zero-order valence-electron chi connectivity index (χ0n) is 17.6. The molecular formula is C23H26N4O4. The first-order valence-electron chi connectivity index (χ1n) is 9.92. The third kappa shape index (κ3) is 5.29. The van der Waals surface area contributed by atoms with Crippen molar-refractivity contribution in [3.63, 3.8) is 0 Å². The van der Waals surface area contributed by atoms with Crippen LogP contribution in [0.2, 0.25) is 0 Å². The Morgan fingerprint density at radius 2 is 1.74 bits per heavy atom. The molecule has 0 saturated carbocycles. The second-order valence-electron chi connectivity index (χ2n) is 7.27. The number of nitrogens with two attached hydrogens (primary N) is 1. The van der Waals surface area contributed by atoms with E-state index in [1.807, 2.05) is 61.5 Å². The summed E-state index contributed by atoms with van der Waals surface area (Å²) in [7, 11) is 1.51. The van der Waals surface area contributed by atoms with E-state index in [4.69, 9.17) is 10.5 Å². The van der Waals surface area contributed by atoms with Gasteiger partial charge >= 0.3 is 5.69 Å². The van der Waals surface area contributed by atoms with E-state index in [2.05, 4.69) is 4.98 Å². The van der Waals surface area contributed by atoms with Gasteiger partial charge in [0.1, 0.15) is 5.82 Å². The van der Waals surface area contributed by atoms with Crippen molar-refractivity contribution in [3.05, 3.63) is 92.1 Å². The van der Waals surface area contributed by atoms with Gasteiger partial charge in [-0.1, -0.05) is 60.2 Å². The normalized spacial score (nSPS) is 10.8. The van der Waals surface area contributed by atoms with Crippen molar-refractivity contribution >= 4 is 17.4 Å². The Balaban J connectivity index is 2.00. The molecule has 0 aliphatic carbocycles. The number of nitrogens with zero attached hydrogens (tertiary/aromatic N) is 2. The van der Waals surface area contributed by atoms with Gasteiger partial charge < -0.3 is 15.4 Å². The third-order valence-corrected chi connectivity index (χ3v) is 4.96. The van der Waals surface area contributed by atoms with Crippen molar-refractivity contribution in [1.82, 2.24) is 9.55 Å². The molecule has 8 nitrogen and oxygen atoms in total. The molecule has 0 aliphatic heterocycles. The fourth-order valence-electron chi connectivity index (χ4n) is 3.28. The standard InChI is InChI=1S/C23H26N4O4/c1-16-8-10-17(11-9-16)14-19(28)26(12-13-31-2)20-21(24)27(23(30)25-22(20)29)15-18-6-4-3-5-7-18/h3-11H,12-15,24H2,1-2H3,(H,25,29,30). The van der Waals surface area contributed by atoms with Gasteiger partial charge in [0.2, 0.25) is 5.91 Å². The Morgan fingerprint density at radius 1 is 1.06 bits per heavy atom. The number of methoxy groups -OCH3 is 1. The van der Waals surface area contributed by atoms with E-state index in [1.54, 1.807) is 0 Å². The number of rotatable bonds is 8. The molecule has 31 heavy (non-hydrogen) atoms. The maximum atomic E-state index is 13.1. The minimum Gasteiger partial charge on any atom is -0.383 e. The molecular weight excluding hydrogens is 396 g/mol. The second kappa shape index (κ2) is 9.90. The van der Waals surface area contributed by atoms with E-state index in [0.717, 1.165) is 16.7 Å². The number of nitrogen functional groups attached to an aromatic ring is 1. The molecule has 0 aliphatic rings. The third-order valence-electron chi connectivity index (χ3n) is 4.96. The van der Waals surface area contributed by atoms with Gasteiger partial charge in [0.05, 0.1) is 19.6 Å². The van der Waals surface area contributed by atoms with Crippen LogP contribution < -0.4 is 21.9 Å². The lowest BCUT2D eigenvalue weighted by Crippen LogP contribution is -2.43. The number of ether oxygens (including phenoxy) is 1. The van der Waals surface area contributed by atoms with Crippen LogP contribution in [0.25, 0.3) is 0 Å². The Bertz CT molecular complexity index is 1150. The van der Waals surface area contributed by atoms with Crippen LogP contribution in [0.1, 0.15) is 16.7 Å². The predicted octanol–water partition coefficient (Wildman–Crippen LogP) is 1.70. The molecule has 1 amide bonds. The highest BCUT2D eigenvalue weighted by molar-refractivity contribution is 5.96. The highest BCUT2D eigenvalue weighted by Gasteiger charge is 2.24. The van der Waals surface area contributed by atoms with Gasteiger partial charge in [0.25, 0.3) is 5.56 Å². The maximum Gasteiger partial charge on any atom is 0.330 e. The van der Waals surface area contributed by atoms with E-state index in [9.17, 15) is 14.4 Å². The highest BCUT2D eigenvalue weighted by atomic mass is 16.5. The number of nitrogens with one attached hydrogen (secondary N) is 1. The quantitative estimate of drug-likeness (QED) is 0.574. The summed E-state index contributed by atoms with van der Waals surface area (Å²) in [5, 5.41) is 0. The van der Waals surface area contributed by atoms with Gasteiger partial charge in [-0.15, -0.1) is 0 Å². The van der Waals surface area contributed by atoms with Crippen molar-refractivity contribution < 1.29 is 9.53 Å². The molecule has 0 saturated heterocycles. The Kier molecular flexibility index (Phi) is 7.04. The van der Waals surface area contributed by atoms with Crippen molar-refractivity contribution in [2.45, 2.75) is 19.9 Å². The van der Waals surface area contributed by atoms with Crippen molar-refractivity contribution in [1.29, 1.82) is 0 Å². The number of carbonyl (C=O) groups is 1. The second-order valence-corrected chi connectivity index (χ2v) is 7.27. The Labute approximate surface area is 179 Å². The predicted molar refractivity (Wildman–Crippen MR) is 120 cm³/mol.